The summed E-state index contributed by atoms with van der Waals surface area (Å²) in [6, 6.07) is 4.97. The predicted octanol–water partition coefficient (Wildman–Crippen LogP) is 5.48. The summed E-state index contributed by atoms with van der Waals surface area (Å²) >= 11 is 1.46. The van der Waals surface area contributed by atoms with Crippen LogP contribution in [0, 0.1) is 5.92 Å². The van der Waals surface area contributed by atoms with Gasteiger partial charge in [-0.15, -0.1) is 0 Å². The van der Waals surface area contributed by atoms with Crippen molar-refractivity contribution in [1.29, 1.82) is 0 Å². The van der Waals surface area contributed by atoms with Gasteiger partial charge in [0.25, 0.3) is 0 Å². The minimum absolute atomic E-state index is 0.251. The van der Waals surface area contributed by atoms with Crippen molar-refractivity contribution in [2.75, 3.05) is 5.94 Å². The van der Waals surface area contributed by atoms with Gasteiger partial charge in [-0.25, -0.2) is 0 Å². The van der Waals surface area contributed by atoms with E-state index in [-0.39, 0.29) is 5.75 Å². The summed E-state index contributed by atoms with van der Waals surface area (Å²) in [6.45, 7) is 0. The number of thioether (sulfide) groups is 1. The lowest BCUT2D eigenvalue weighted by Gasteiger charge is -2.09. The van der Waals surface area contributed by atoms with E-state index in [2.05, 4.69) is 6.08 Å². The summed E-state index contributed by atoms with van der Waals surface area (Å²) in [5.74, 6) is 1.24. The molecule has 2 rings (SSSR count). The molecule has 5 heteroatoms. The summed E-state index contributed by atoms with van der Waals surface area (Å²) in [5, 5.41) is 1.99. The third kappa shape index (κ3) is 4.78. The number of alkyl halides is 3. The Morgan fingerprint density at radius 2 is 2.00 bits per heavy atom. The Kier molecular flexibility index (Phi) is 5.40. The molecule has 1 aliphatic rings. The molecule has 0 atom stereocenters. The first-order valence-corrected chi connectivity index (χ1v) is 7.69. The van der Waals surface area contributed by atoms with Crippen LogP contribution in [-0.4, -0.2) is 5.94 Å². The van der Waals surface area contributed by atoms with Gasteiger partial charge in [0.15, 0.2) is 0 Å². The fourth-order valence-electron chi connectivity index (χ4n) is 2.22. The summed E-state index contributed by atoms with van der Waals surface area (Å²) in [6.07, 6.45) is 2.92. The van der Waals surface area contributed by atoms with E-state index >= 15 is 0 Å². The molecule has 20 heavy (non-hydrogen) atoms. The maximum Gasteiger partial charge on any atom is 0.416 e. The number of halogens is 3. The van der Waals surface area contributed by atoms with Crippen LogP contribution in [0.5, 0.6) is 5.75 Å². The van der Waals surface area contributed by atoms with Crippen LogP contribution in [0.15, 0.2) is 35.7 Å². The Morgan fingerprint density at radius 3 is 2.70 bits per heavy atom. The maximum atomic E-state index is 12.5. The second-order valence-corrected chi connectivity index (χ2v) is 5.67. The summed E-state index contributed by atoms with van der Waals surface area (Å²) in [4.78, 5) is 0. The summed E-state index contributed by atoms with van der Waals surface area (Å²) in [7, 11) is 0. The van der Waals surface area contributed by atoms with Gasteiger partial charge in [0.05, 0.1) is 5.56 Å². The zero-order chi connectivity index (χ0) is 14.4. The number of rotatable bonds is 5. The van der Waals surface area contributed by atoms with Gasteiger partial charge in [-0.2, -0.15) is 13.2 Å². The van der Waals surface area contributed by atoms with Crippen molar-refractivity contribution >= 4 is 11.8 Å². The third-order valence-corrected chi connectivity index (χ3v) is 3.91. The Hall–Kier alpha value is -1.10. The monoisotopic (exact) mass is 302 g/mol. The molecule has 0 radical (unpaired) electrons. The van der Waals surface area contributed by atoms with Crippen molar-refractivity contribution in [3.63, 3.8) is 0 Å². The van der Waals surface area contributed by atoms with Gasteiger partial charge in [-0.05, 0) is 42.4 Å². The van der Waals surface area contributed by atoms with Crippen LogP contribution in [0.3, 0.4) is 0 Å². The standard InChI is InChI=1S/C15H17F3OS/c16-15(17,18)13-6-3-7-14(10-13)19-11-20-9-8-12-4-1-2-5-12/h3,6-10,12H,1-2,4-5,11H2/b9-8+. The lowest BCUT2D eigenvalue weighted by molar-refractivity contribution is -0.137. The third-order valence-electron chi connectivity index (χ3n) is 3.30. The summed E-state index contributed by atoms with van der Waals surface area (Å²) in [5.41, 5.74) is -0.679. The van der Waals surface area contributed by atoms with Crippen molar-refractivity contribution in [3.8, 4) is 5.75 Å². The van der Waals surface area contributed by atoms with Gasteiger partial charge >= 0.3 is 6.18 Å². The average Bonchev–Trinajstić information content (AvgIpc) is 2.91. The molecule has 0 saturated heterocycles. The van der Waals surface area contributed by atoms with Gasteiger partial charge < -0.3 is 4.74 Å². The molecule has 0 heterocycles. The highest BCUT2D eigenvalue weighted by Crippen LogP contribution is 2.31. The topological polar surface area (TPSA) is 9.23 Å². The van der Waals surface area contributed by atoms with E-state index in [0.29, 0.717) is 11.9 Å². The minimum Gasteiger partial charge on any atom is -0.483 e. The fourth-order valence-corrected chi connectivity index (χ4v) is 2.84. The Balaban J connectivity index is 1.76. The van der Waals surface area contributed by atoms with E-state index in [1.54, 1.807) is 0 Å². The van der Waals surface area contributed by atoms with E-state index in [9.17, 15) is 13.2 Å². The molecule has 1 nitrogen and oxygen atoms in total. The van der Waals surface area contributed by atoms with Gasteiger partial charge in [0.1, 0.15) is 11.7 Å². The predicted molar refractivity (Wildman–Crippen MR) is 75.6 cm³/mol. The van der Waals surface area contributed by atoms with E-state index in [4.69, 9.17) is 4.74 Å². The molecule has 110 valence electrons. The van der Waals surface area contributed by atoms with Crippen molar-refractivity contribution in [2.24, 2.45) is 5.92 Å². The van der Waals surface area contributed by atoms with E-state index in [0.717, 1.165) is 12.1 Å². The molecule has 1 aromatic carbocycles. The van der Waals surface area contributed by atoms with Crippen molar-refractivity contribution in [2.45, 2.75) is 31.9 Å². The first kappa shape index (κ1) is 15.3. The number of hydrogen-bond donors (Lipinski definition) is 0. The van der Waals surface area contributed by atoms with Crippen molar-refractivity contribution < 1.29 is 17.9 Å². The first-order chi connectivity index (χ1) is 9.55. The molecule has 0 amide bonds. The van der Waals surface area contributed by atoms with Gasteiger partial charge in [-0.3, -0.25) is 0 Å². The first-order valence-electron chi connectivity index (χ1n) is 6.64. The lowest BCUT2D eigenvalue weighted by atomic mass is 10.1. The van der Waals surface area contributed by atoms with Crippen LogP contribution in [0.25, 0.3) is 0 Å². The number of hydrogen-bond acceptors (Lipinski definition) is 2. The molecule has 0 N–H and O–H groups in total. The van der Waals surface area contributed by atoms with Gasteiger partial charge in [0.2, 0.25) is 0 Å². The molecule has 0 unspecified atom stereocenters. The average molecular weight is 302 g/mol. The van der Waals surface area contributed by atoms with Crippen LogP contribution in [0.4, 0.5) is 13.2 Å². The molecule has 1 saturated carbocycles. The molecule has 1 aliphatic carbocycles. The largest absolute Gasteiger partial charge is 0.483 e. The van der Waals surface area contributed by atoms with Crippen LogP contribution in [0.1, 0.15) is 31.2 Å². The molecule has 1 fully saturated rings. The highest BCUT2D eigenvalue weighted by atomic mass is 32.2. The highest BCUT2D eigenvalue weighted by Gasteiger charge is 2.30. The lowest BCUT2D eigenvalue weighted by Crippen LogP contribution is -2.05. The second-order valence-electron chi connectivity index (χ2n) is 4.83. The van der Waals surface area contributed by atoms with E-state index < -0.39 is 11.7 Å². The second kappa shape index (κ2) is 7.07. The Bertz CT molecular complexity index is 451. The quantitative estimate of drug-likeness (QED) is 0.526. The van der Waals surface area contributed by atoms with Gasteiger partial charge in [-0.1, -0.05) is 36.7 Å². The number of ether oxygens (including phenoxy) is 1. The molecule has 0 bridgehead atoms. The highest BCUT2D eigenvalue weighted by molar-refractivity contribution is 8.02. The Labute approximate surface area is 121 Å². The maximum absolute atomic E-state index is 12.5. The van der Waals surface area contributed by atoms with Crippen molar-refractivity contribution in [3.05, 3.63) is 41.3 Å². The molecular formula is C15H17F3OS. The molecular weight excluding hydrogens is 285 g/mol. The molecule has 1 aromatic rings. The van der Waals surface area contributed by atoms with Gasteiger partial charge in [0, 0.05) is 0 Å². The van der Waals surface area contributed by atoms with Crippen LogP contribution >= 0.6 is 11.8 Å². The van der Waals surface area contributed by atoms with E-state index in [1.807, 2.05) is 5.41 Å². The fraction of sp³-hybridized carbons (Fsp3) is 0.467. The molecule has 0 aliphatic heterocycles. The zero-order valence-electron chi connectivity index (χ0n) is 11.0. The number of allylic oxidation sites excluding steroid dienone is 1. The summed E-state index contributed by atoms with van der Waals surface area (Å²) < 4.78 is 42.9. The van der Waals surface area contributed by atoms with Crippen LogP contribution < -0.4 is 4.74 Å². The smallest absolute Gasteiger partial charge is 0.416 e. The van der Waals surface area contributed by atoms with Crippen molar-refractivity contribution in [1.82, 2.24) is 0 Å². The molecule has 0 aromatic heterocycles. The molecule has 0 spiro atoms. The number of benzene rings is 1. The normalized spacial score (nSPS) is 16.9. The van der Waals surface area contributed by atoms with Crippen LogP contribution in [0.2, 0.25) is 0 Å². The zero-order valence-corrected chi connectivity index (χ0v) is 11.8. The Morgan fingerprint density at radius 1 is 1.25 bits per heavy atom. The van der Waals surface area contributed by atoms with E-state index in [1.165, 1.54) is 49.6 Å². The minimum atomic E-state index is -4.32. The van der Waals surface area contributed by atoms with Crippen LogP contribution in [-0.2, 0) is 6.18 Å². The SMILES string of the molecule is FC(F)(F)c1cccc(OCS/C=C/C2CCCC2)c1.